The van der Waals surface area contributed by atoms with Crippen molar-refractivity contribution in [3.8, 4) is 0 Å². The molecular weight excluding hydrogens is 226 g/mol. The molecule has 0 aromatic carbocycles. The van der Waals surface area contributed by atoms with Crippen LogP contribution in [0.2, 0.25) is 0 Å². The Hall–Kier alpha value is -0.610. The summed E-state index contributed by atoms with van der Waals surface area (Å²) in [6, 6.07) is -0.0866. The van der Waals surface area contributed by atoms with E-state index in [4.69, 9.17) is 0 Å². The number of nitrogens with one attached hydrogen (secondary N) is 2. The summed E-state index contributed by atoms with van der Waals surface area (Å²) < 4.78 is 0. The summed E-state index contributed by atoms with van der Waals surface area (Å²) in [4.78, 5) is 13.9. The summed E-state index contributed by atoms with van der Waals surface area (Å²) in [5, 5.41) is 6.23. The molecule has 2 N–H and O–H groups in total. The Kier molecular flexibility index (Phi) is 9.98. The van der Waals surface area contributed by atoms with Crippen molar-refractivity contribution >= 4 is 5.91 Å². The minimum absolute atomic E-state index is 0.0866. The van der Waals surface area contributed by atoms with Crippen molar-refractivity contribution in [2.24, 2.45) is 5.92 Å². The van der Waals surface area contributed by atoms with Gasteiger partial charge in [0.2, 0.25) is 5.91 Å². The Morgan fingerprint density at radius 2 is 1.78 bits per heavy atom. The third-order valence-corrected chi connectivity index (χ3v) is 2.90. The smallest absolute Gasteiger partial charge is 0.236 e. The molecule has 0 aliphatic carbocycles. The third-order valence-electron chi connectivity index (χ3n) is 2.90. The Labute approximate surface area is 113 Å². The Bertz CT molecular complexity index is 217. The molecule has 0 saturated heterocycles. The molecule has 1 unspecified atom stereocenters. The van der Waals surface area contributed by atoms with Gasteiger partial charge in [-0.3, -0.25) is 4.79 Å². The number of amides is 1. The summed E-state index contributed by atoms with van der Waals surface area (Å²) >= 11 is 0. The van der Waals surface area contributed by atoms with E-state index in [-0.39, 0.29) is 11.9 Å². The first-order valence-electron chi connectivity index (χ1n) is 7.09. The van der Waals surface area contributed by atoms with Crippen LogP contribution in [0.25, 0.3) is 0 Å². The van der Waals surface area contributed by atoms with Crippen molar-refractivity contribution in [3.05, 3.63) is 0 Å². The standard InChI is InChI=1S/C14H31N3O/c1-12(2)8-10-16-14(18)13(3)15-9-6-7-11-17(4)5/h12-13,15H,6-11H2,1-5H3,(H,16,18). The highest BCUT2D eigenvalue weighted by molar-refractivity contribution is 5.81. The van der Waals surface area contributed by atoms with Crippen LogP contribution in [-0.2, 0) is 4.79 Å². The van der Waals surface area contributed by atoms with Crippen molar-refractivity contribution in [3.63, 3.8) is 0 Å². The van der Waals surface area contributed by atoms with E-state index in [2.05, 4.69) is 43.5 Å². The lowest BCUT2D eigenvalue weighted by atomic mass is 10.1. The van der Waals surface area contributed by atoms with Crippen molar-refractivity contribution in [2.75, 3.05) is 33.7 Å². The highest BCUT2D eigenvalue weighted by Gasteiger charge is 2.10. The van der Waals surface area contributed by atoms with Crippen molar-refractivity contribution in [1.29, 1.82) is 0 Å². The van der Waals surface area contributed by atoms with Crippen LogP contribution >= 0.6 is 0 Å². The van der Waals surface area contributed by atoms with Crippen LogP contribution < -0.4 is 10.6 Å². The van der Waals surface area contributed by atoms with Gasteiger partial charge in [0.15, 0.2) is 0 Å². The Morgan fingerprint density at radius 3 is 2.33 bits per heavy atom. The minimum atomic E-state index is -0.0866. The fraction of sp³-hybridized carbons (Fsp3) is 0.929. The van der Waals surface area contributed by atoms with E-state index < -0.39 is 0 Å². The van der Waals surface area contributed by atoms with Crippen LogP contribution in [0, 0.1) is 5.92 Å². The molecule has 18 heavy (non-hydrogen) atoms. The van der Waals surface area contributed by atoms with E-state index >= 15 is 0 Å². The fourth-order valence-electron chi connectivity index (χ4n) is 1.60. The first kappa shape index (κ1) is 17.4. The second-order valence-corrected chi connectivity index (χ2v) is 5.66. The van der Waals surface area contributed by atoms with Crippen LogP contribution in [0.4, 0.5) is 0 Å². The van der Waals surface area contributed by atoms with Crippen molar-refractivity contribution in [1.82, 2.24) is 15.5 Å². The molecule has 0 saturated carbocycles. The predicted octanol–water partition coefficient (Wildman–Crippen LogP) is 1.47. The second kappa shape index (κ2) is 10.3. The molecule has 0 rings (SSSR count). The molecule has 0 aromatic heterocycles. The van der Waals surface area contributed by atoms with Crippen molar-refractivity contribution in [2.45, 2.75) is 46.1 Å². The average Bonchev–Trinajstić information content (AvgIpc) is 2.27. The maximum Gasteiger partial charge on any atom is 0.236 e. The number of carbonyl (C=O) groups is 1. The number of nitrogens with zero attached hydrogens (tertiary/aromatic N) is 1. The summed E-state index contributed by atoms with van der Waals surface area (Å²) in [6.45, 7) is 9.06. The van der Waals surface area contributed by atoms with Gasteiger partial charge in [-0.15, -0.1) is 0 Å². The molecule has 0 fully saturated rings. The zero-order valence-electron chi connectivity index (χ0n) is 12.8. The molecule has 0 aromatic rings. The van der Waals surface area contributed by atoms with Crippen LogP contribution in [-0.4, -0.2) is 50.6 Å². The van der Waals surface area contributed by atoms with Crippen LogP contribution in [0.1, 0.15) is 40.0 Å². The molecule has 0 aliphatic heterocycles. The van der Waals surface area contributed by atoms with Crippen LogP contribution in [0.5, 0.6) is 0 Å². The lowest BCUT2D eigenvalue weighted by molar-refractivity contribution is -0.122. The van der Waals surface area contributed by atoms with Gasteiger partial charge in [0, 0.05) is 6.54 Å². The summed E-state index contributed by atoms with van der Waals surface area (Å²) in [5.74, 6) is 0.753. The van der Waals surface area contributed by atoms with Gasteiger partial charge < -0.3 is 15.5 Å². The molecular formula is C14H31N3O. The summed E-state index contributed by atoms with van der Waals surface area (Å²) in [7, 11) is 4.16. The molecule has 0 radical (unpaired) electrons. The molecule has 1 amide bonds. The normalized spacial score (nSPS) is 13.1. The zero-order valence-corrected chi connectivity index (χ0v) is 12.8. The van der Waals surface area contributed by atoms with Gasteiger partial charge in [0.1, 0.15) is 0 Å². The number of carbonyl (C=O) groups excluding carboxylic acids is 1. The van der Waals surface area contributed by atoms with Crippen LogP contribution in [0.3, 0.4) is 0 Å². The molecule has 0 spiro atoms. The summed E-state index contributed by atoms with van der Waals surface area (Å²) in [5.41, 5.74) is 0. The molecule has 0 aliphatic rings. The number of rotatable bonds is 10. The molecule has 0 heterocycles. The Morgan fingerprint density at radius 1 is 1.11 bits per heavy atom. The zero-order chi connectivity index (χ0) is 14.0. The van der Waals surface area contributed by atoms with E-state index in [9.17, 15) is 4.79 Å². The van der Waals surface area contributed by atoms with Gasteiger partial charge in [0.05, 0.1) is 6.04 Å². The van der Waals surface area contributed by atoms with E-state index in [1.165, 1.54) is 6.42 Å². The lowest BCUT2D eigenvalue weighted by Crippen LogP contribution is -2.43. The highest BCUT2D eigenvalue weighted by atomic mass is 16.2. The number of hydrogen-bond donors (Lipinski definition) is 2. The molecule has 4 heteroatoms. The monoisotopic (exact) mass is 257 g/mol. The van der Waals surface area contributed by atoms with Crippen LogP contribution in [0.15, 0.2) is 0 Å². The van der Waals surface area contributed by atoms with Gasteiger partial charge in [0.25, 0.3) is 0 Å². The summed E-state index contributed by atoms with van der Waals surface area (Å²) in [6.07, 6.45) is 3.32. The Balaban J connectivity index is 3.50. The first-order valence-corrected chi connectivity index (χ1v) is 7.09. The van der Waals surface area contributed by atoms with E-state index in [1.54, 1.807) is 0 Å². The lowest BCUT2D eigenvalue weighted by Gasteiger charge is -2.15. The maximum atomic E-state index is 11.7. The topological polar surface area (TPSA) is 44.4 Å². The first-order chi connectivity index (χ1) is 8.43. The number of hydrogen-bond acceptors (Lipinski definition) is 3. The van der Waals surface area contributed by atoms with Crippen molar-refractivity contribution < 1.29 is 4.79 Å². The minimum Gasteiger partial charge on any atom is -0.355 e. The van der Waals surface area contributed by atoms with E-state index in [0.29, 0.717) is 5.92 Å². The highest BCUT2D eigenvalue weighted by Crippen LogP contribution is 1.96. The van der Waals surface area contributed by atoms with E-state index in [1.807, 2.05) is 6.92 Å². The largest absolute Gasteiger partial charge is 0.355 e. The molecule has 1 atom stereocenters. The molecule has 0 bridgehead atoms. The SMILES string of the molecule is CC(C)CCNC(=O)C(C)NCCCCN(C)C. The van der Waals surface area contributed by atoms with Gasteiger partial charge >= 0.3 is 0 Å². The van der Waals surface area contributed by atoms with Gasteiger partial charge in [-0.25, -0.2) is 0 Å². The maximum absolute atomic E-state index is 11.7. The quantitative estimate of drug-likeness (QED) is 0.583. The molecule has 108 valence electrons. The predicted molar refractivity (Wildman–Crippen MR) is 77.7 cm³/mol. The average molecular weight is 257 g/mol. The van der Waals surface area contributed by atoms with Gasteiger partial charge in [-0.1, -0.05) is 13.8 Å². The second-order valence-electron chi connectivity index (χ2n) is 5.66. The van der Waals surface area contributed by atoms with Gasteiger partial charge in [-0.2, -0.15) is 0 Å². The molecule has 4 nitrogen and oxygen atoms in total. The van der Waals surface area contributed by atoms with Gasteiger partial charge in [-0.05, 0) is 59.3 Å². The van der Waals surface area contributed by atoms with E-state index in [0.717, 1.165) is 32.5 Å². The fourth-order valence-corrected chi connectivity index (χ4v) is 1.60. The number of unbranched alkanes of at least 4 members (excludes halogenated alkanes) is 1. The third kappa shape index (κ3) is 10.5.